The van der Waals surface area contributed by atoms with Gasteiger partial charge in [-0.1, -0.05) is 27.7 Å². The van der Waals surface area contributed by atoms with Gasteiger partial charge in [-0.2, -0.15) is 10.4 Å². The van der Waals surface area contributed by atoms with Crippen molar-refractivity contribution in [2.24, 2.45) is 11.0 Å². The fourth-order valence-corrected chi connectivity index (χ4v) is 1.96. The predicted octanol–water partition coefficient (Wildman–Crippen LogP) is 4.54. The number of anilines is 1. The Balaban J connectivity index is 1.93. The van der Waals surface area contributed by atoms with Crippen molar-refractivity contribution in [3.05, 3.63) is 41.4 Å². The van der Waals surface area contributed by atoms with Gasteiger partial charge in [0.2, 0.25) is 11.6 Å². The van der Waals surface area contributed by atoms with Gasteiger partial charge in [-0.25, -0.2) is 10.4 Å². The van der Waals surface area contributed by atoms with Gasteiger partial charge in [0.25, 0.3) is 5.88 Å². The third-order valence-electron chi connectivity index (χ3n) is 3.47. The van der Waals surface area contributed by atoms with Crippen molar-refractivity contribution in [3.8, 4) is 11.8 Å². The Bertz CT molecular complexity index is 740. The molecule has 0 saturated carbocycles. The summed E-state index contributed by atoms with van der Waals surface area (Å²) in [5.74, 6) is 2.35. The minimum absolute atomic E-state index is 0.106. The number of oxazole rings is 1. The average Bonchev–Trinajstić information content (AvgIpc) is 2.99. The van der Waals surface area contributed by atoms with Crippen LogP contribution in [0.4, 0.5) is 5.88 Å². The molecule has 2 aromatic rings. The first-order valence-corrected chi connectivity index (χ1v) is 8.42. The number of nitrogens with zero attached hydrogens (tertiary/aromatic N) is 3. The Hall–Kier alpha value is -2.81. The second-order valence-corrected chi connectivity index (χ2v) is 6.47. The van der Waals surface area contributed by atoms with Crippen LogP contribution in [-0.4, -0.2) is 17.8 Å². The quantitative estimate of drug-likeness (QED) is 0.563. The molecular formula is C19H24N4O2. The number of benzene rings is 1. The summed E-state index contributed by atoms with van der Waals surface area (Å²) in [6, 6.07) is 9.65. The van der Waals surface area contributed by atoms with Crippen LogP contribution < -0.4 is 10.2 Å². The molecule has 0 aliphatic heterocycles. The van der Waals surface area contributed by atoms with E-state index in [9.17, 15) is 0 Å². The van der Waals surface area contributed by atoms with Gasteiger partial charge in [-0.05, 0) is 42.2 Å². The van der Waals surface area contributed by atoms with Crippen molar-refractivity contribution >= 4 is 12.1 Å². The zero-order valence-corrected chi connectivity index (χ0v) is 15.1. The number of hydrazone groups is 1. The lowest BCUT2D eigenvalue weighted by atomic mass is 10.1. The van der Waals surface area contributed by atoms with Crippen LogP contribution >= 0.6 is 0 Å². The molecule has 1 aromatic heterocycles. The summed E-state index contributed by atoms with van der Waals surface area (Å²) in [6.07, 6.45) is 2.68. The van der Waals surface area contributed by atoms with E-state index in [4.69, 9.17) is 14.4 Å². The maximum Gasteiger partial charge on any atom is 0.252 e. The van der Waals surface area contributed by atoms with E-state index in [1.54, 1.807) is 6.21 Å². The SMILES string of the molecule is CC(C)CCOc1ccc(C=NNc2oc(C(C)C)nc2C#N)cc1. The van der Waals surface area contributed by atoms with E-state index in [0.29, 0.717) is 18.4 Å². The molecule has 0 fully saturated rings. The second kappa shape index (κ2) is 8.88. The minimum Gasteiger partial charge on any atom is -0.494 e. The molecule has 0 saturated heterocycles. The highest BCUT2D eigenvalue weighted by Gasteiger charge is 2.14. The van der Waals surface area contributed by atoms with Crippen LogP contribution in [0.3, 0.4) is 0 Å². The van der Waals surface area contributed by atoms with Gasteiger partial charge in [-0.15, -0.1) is 0 Å². The molecule has 132 valence electrons. The molecule has 6 nitrogen and oxygen atoms in total. The highest BCUT2D eigenvalue weighted by Crippen LogP contribution is 2.22. The van der Waals surface area contributed by atoms with Crippen LogP contribution in [0, 0.1) is 17.2 Å². The van der Waals surface area contributed by atoms with Crippen LogP contribution in [-0.2, 0) is 0 Å². The van der Waals surface area contributed by atoms with E-state index in [-0.39, 0.29) is 17.5 Å². The van der Waals surface area contributed by atoms with Crippen molar-refractivity contribution in [3.63, 3.8) is 0 Å². The zero-order chi connectivity index (χ0) is 18.2. The van der Waals surface area contributed by atoms with Crippen molar-refractivity contribution in [1.29, 1.82) is 5.26 Å². The zero-order valence-electron chi connectivity index (χ0n) is 15.1. The summed E-state index contributed by atoms with van der Waals surface area (Å²) in [5.41, 5.74) is 3.85. The fourth-order valence-electron chi connectivity index (χ4n) is 1.96. The Morgan fingerprint density at radius 2 is 2.00 bits per heavy atom. The molecule has 0 aliphatic carbocycles. The topological polar surface area (TPSA) is 83.4 Å². The monoisotopic (exact) mass is 340 g/mol. The largest absolute Gasteiger partial charge is 0.494 e. The van der Waals surface area contributed by atoms with Crippen LogP contribution in [0.1, 0.15) is 57.2 Å². The normalized spacial score (nSPS) is 11.2. The summed E-state index contributed by atoms with van der Waals surface area (Å²) in [6.45, 7) is 8.96. The summed E-state index contributed by atoms with van der Waals surface area (Å²) >= 11 is 0. The standard InChI is InChI=1S/C19H24N4O2/c1-13(2)9-10-24-16-7-5-15(6-8-16)12-21-23-19-17(11-20)22-18(25-19)14(3)4/h5-8,12-14,23H,9-10H2,1-4H3. The first-order chi connectivity index (χ1) is 12.0. The van der Waals surface area contributed by atoms with Gasteiger partial charge in [-0.3, -0.25) is 0 Å². The van der Waals surface area contributed by atoms with Crippen LogP contribution in [0.5, 0.6) is 5.75 Å². The predicted molar refractivity (Wildman–Crippen MR) is 97.9 cm³/mol. The third kappa shape index (κ3) is 5.64. The summed E-state index contributed by atoms with van der Waals surface area (Å²) in [7, 11) is 0. The molecule has 0 bridgehead atoms. The summed E-state index contributed by atoms with van der Waals surface area (Å²) in [5, 5.41) is 13.2. The average molecular weight is 340 g/mol. The van der Waals surface area contributed by atoms with Gasteiger partial charge in [0.05, 0.1) is 12.8 Å². The molecule has 1 N–H and O–H groups in total. The van der Waals surface area contributed by atoms with Crippen molar-refractivity contribution in [2.45, 2.75) is 40.0 Å². The van der Waals surface area contributed by atoms with Crippen LogP contribution in [0.25, 0.3) is 0 Å². The first kappa shape index (κ1) is 18.5. The summed E-state index contributed by atoms with van der Waals surface area (Å²) in [4.78, 5) is 4.13. The van der Waals surface area contributed by atoms with E-state index in [2.05, 4.69) is 29.4 Å². The van der Waals surface area contributed by atoms with E-state index in [0.717, 1.165) is 17.7 Å². The lowest BCUT2D eigenvalue weighted by Gasteiger charge is -2.07. The Labute approximate surface area is 148 Å². The molecule has 0 spiro atoms. The number of hydrogen-bond donors (Lipinski definition) is 1. The second-order valence-electron chi connectivity index (χ2n) is 6.47. The highest BCUT2D eigenvalue weighted by molar-refractivity contribution is 5.80. The van der Waals surface area contributed by atoms with Crippen molar-refractivity contribution in [2.75, 3.05) is 12.0 Å². The molecule has 1 aromatic carbocycles. The van der Waals surface area contributed by atoms with Gasteiger partial charge < -0.3 is 9.15 Å². The minimum atomic E-state index is 0.106. The van der Waals surface area contributed by atoms with E-state index in [1.165, 1.54) is 0 Å². The lowest BCUT2D eigenvalue weighted by Crippen LogP contribution is -2.01. The molecule has 6 heteroatoms. The van der Waals surface area contributed by atoms with Crippen LogP contribution in [0.15, 0.2) is 33.8 Å². The molecule has 0 radical (unpaired) electrons. The van der Waals surface area contributed by atoms with E-state index >= 15 is 0 Å². The Morgan fingerprint density at radius 3 is 2.60 bits per heavy atom. The van der Waals surface area contributed by atoms with Crippen molar-refractivity contribution < 1.29 is 9.15 Å². The fraction of sp³-hybridized carbons (Fsp3) is 0.421. The third-order valence-corrected chi connectivity index (χ3v) is 3.47. The maximum atomic E-state index is 9.09. The van der Waals surface area contributed by atoms with E-state index in [1.807, 2.05) is 44.2 Å². The lowest BCUT2D eigenvalue weighted by molar-refractivity contribution is 0.289. The highest BCUT2D eigenvalue weighted by atomic mass is 16.5. The maximum absolute atomic E-state index is 9.09. The molecule has 0 aliphatic rings. The molecule has 25 heavy (non-hydrogen) atoms. The molecular weight excluding hydrogens is 316 g/mol. The smallest absolute Gasteiger partial charge is 0.252 e. The molecule has 2 rings (SSSR count). The van der Waals surface area contributed by atoms with Gasteiger partial charge in [0, 0.05) is 5.92 Å². The molecule has 0 atom stereocenters. The first-order valence-electron chi connectivity index (χ1n) is 8.42. The number of ether oxygens (including phenoxy) is 1. The molecule has 0 amide bonds. The molecule has 1 heterocycles. The van der Waals surface area contributed by atoms with E-state index < -0.39 is 0 Å². The number of nitriles is 1. The number of hydrogen-bond acceptors (Lipinski definition) is 6. The number of nitrogens with one attached hydrogen (secondary N) is 1. The van der Waals surface area contributed by atoms with Crippen LogP contribution in [0.2, 0.25) is 0 Å². The number of rotatable bonds is 8. The Morgan fingerprint density at radius 1 is 1.28 bits per heavy atom. The number of aromatic nitrogens is 1. The summed E-state index contributed by atoms with van der Waals surface area (Å²) < 4.78 is 11.2. The van der Waals surface area contributed by atoms with Gasteiger partial charge in [0.15, 0.2) is 0 Å². The molecule has 0 unspecified atom stereocenters. The van der Waals surface area contributed by atoms with Gasteiger partial charge >= 0.3 is 0 Å². The van der Waals surface area contributed by atoms with Gasteiger partial charge in [0.1, 0.15) is 11.8 Å². The van der Waals surface area contributed by atoms with Crippen molar-refractivity contribution in [1.82, 2.24) is 4.98 Å². The Kier molecular flexibility index (Phi) is 6.58.